The lowest BCUT2D eigenvalue weighted by molar-refractivity contribution is -0.120. The van der Waals surface area contributed by atoms with Crippen molar-refractivity contribution in [3.05, 3.63) is 84.4 Å². The van der Waals surface area contributed by atoms with Gasteiger partial charge in [0.25, 0.3) is 5.91 Å². The molecule has 0 spiro atoms. The monoisotopic (exact) mass is 437 g/mol. The number of hydrogen-bond acceptors (Lipinski definition) is 2. The van der Waals surface area contributed by atoms with Gasteiger partial charge in [-0.05, 0) is 66.9 Å². The second-order valence-electron chi connectivity index (χ2n) is 8.71. The summed E-state index contributed by atoms with van der Waals surface area (Å²) >= 11 is 0. The topological polar surface area (TPSA) is 74.0 Å². The third-order valence-corrected chi connectivity index (χ3v) is 6.35. The molecule has 33 heavy (non-hydrogen) atoms. The Morgan fingerprint density at radius 2 is 1.48 bits per heavy atom. The Balaban J connectivity index is 1.29. The molecule has 5 heteroatoms. The Hall–Kier alpha value is -3.86. The highest BCUT2D eigenvalue weighted by Gasteiger charge is 2.21. The Labute approximate surface area is 193 Å². The molecule has 0 unspecified atom stereocenters. The van der Waals surface area contributed by atoms with Crippen LogP contribution < -0.4 is 10.6 Å². The minimum Gasteiger partial charge on any atom is -0.355 e. The van der Waals surface area contributed by atoms with E-state index in [-0.39, 0.29) is 17.7 Å². The highest BCUT2D eigenvalue weighted by Crippen LogP contribution is 2.28. The number of fused-ring (bicyclic) bond motifs is 1. The van der Waals surface area contributed by atoms with Crippen molar-refractivity contribution < 1.29 is 9.59 Å². The maximum Gasteiger partial charge on any atom is 0.255 e. The zero-order valence-corrected chi connectivity index (χ0v) is 18.4. The molecule has 0 radical (unpaired) electrons. The molecule has 0 saturated heterocycles. The average molecular weight is 438 g/mol. The molecular weight excluding hydrogens is 410 g/mol. The summed E-state index contributed by atoms with van der Waals surface area (Å²) in [4.78, 5) is 28.5. The van der Waals surface area contributed by atoms with Crippen LogP contribution in [-0.2, 0) is 4.79 Å². The maximum atomic E-state index is 12.6. The van der Waals surface area contributed by atoms with Crippen molar-refractivity contribution >= 4 is 34.1 Å². The van der Waals surface area contributed by atoms with Crippen LogP contribution in [0.5, 0.6) is 0 Å². The SMILES string of the molecule is O=C(Nc1ccccc1)c1ccc2[nH]c(-c3ccc(NC(=O)C4CCCCC4)cc3)cc2c1. The van der Waals surface area contributed by atoms with Gasteiger partial charge in [-0.1, -0.05) is 49.6 Å². The number of aromatic nitrogens is 1. The molecule has 3 aromatic carbocycles. The van der Waals surface area contributed by atoms with E-state index in [0.717, 1.165) is 59.2 Å². The van der Waals surface area contributed by atoms with Crippen LogP contribution in [0.2, 0.25) is 0 Å². The number of carbonyl (C=O) groups is 2. The standard InChI is InChI=1S/C28H27N3O2/c32-27(20-7-3-1-4-8-20)30-24-14-11-19(12-15-24)26-18-22-17-21(13-16-25(22)31-26)28(33)29-23-9-5-2-6-10-23/h2,5-6,9-18,20,31H,1,3-4,7-8H2,(H,29,33)(H,30,32). The van der Waals surface area contributed by atoms with Crippen LogP contribution in [0.4, 0.5) is 11.4 Å². The van der Waals surface area contributed by atoms with Crippen molar-refractivity contribution in [3.63, 3.8) is 0 Å². The fraction of sp³-hybridized carbons (Fsp3) is 0.214. The number of hydrogen-bond donors (Lipinski definition) is 3. The number of H-pyrrole nitrogens is 1. The largest absolute Gasteiger partial charge is 0.355 e. The average Bonchev–Trinajstić information content (AvgIpc) is 3.29. The fourth-order valence-corrected chi connectivity index (χ4v) is 4.50. The van der Waals surface area contributed by atoms with E-state index in [1.807, 2.05) is 78.9 Å². The van der Waals surface area contributed by atoms with Gasteiger partial charge >= 0.3 is 0 Å². The molecule has 5 rings (SSSR count). The number of nitrogens with one attached hydrogen (secondary N) is 3. The van der Waals surface area contributed by atoms with Gasteiger partial charge in [0.1, 0.15) is 0 Å². The van der Waals surface area contributed by atoms with E-state index in [4.69, 9.17) is 0 Å². The van der Waals surface area contributed by atoms with Crippen molar-refractivity contribution in [1.82, 2.24) is 4.98 Å². The fourth-order valence-electron chi connectivity index (χ4n) is 4.50. The third kappa shape index (κ3) is 4.82. The van der Waals surface area contributed by atoms with Gasteiger partial charge in [-0.2, -0.15) is 0 Å². The normalized spacial score (nSPS) is 14.2. The van der Waals surface area contributed by atoms with Crippen molar-refractivity contribution in [3.8, 4) is 11.3 Å². The number of aromatic amines is 1. The summed E-state index contributed by atoms with van der Waals surface area (Å²) < 4.78 is 0. The molecule has 0 aliphatic heterocycles. The second-order valence-corrected chi connectivity index (χ2v) is 8.71. The van der Waals surface area contributed by atoms with Crippen LogP contribution in [0, 0.1) is 5.92 Å². The lowest BCUT2D eigenvalue weighted by atomic mass is 9.88. The van der Waals surface area contributed by atoms with Gasteiger partial charge < -0.3 is 15.6 Å². The van der Waals surface area contributed by atoms with Crippen LogP contribution in [0.3, 0.4) is 0 Å². The van der Waals surface area contributed by atoms with Gasteiger partial charge in [0, 0.05) is 39.5 Å². The van der Waals surface area contributed by atoms with Crippen LogP contribution in [-0.4, -0.2) is 16.8 Å². The number of benzene rings is 3. The molecule has 1 aliphatic carbocycles. The Kier molecular flexibility index (Phi) is 5.94. The molecule has 0 atom stereocenters. The first-order chi connectivity index (χ1) is 16.2. The molecule has 4 aromatic rings. The van der Waals surface area contributed by atoms with Crippen LogP contribution in [0.1, 0.15) is 42.5 Å². The first-order valence-corrected chi connectivity index (χ1v) is 11.6. The molecule has 166 valence electrons. The quantitative estimate of drug-likeness (QED) is 0.329. The van der Waals surface area contributed by atoms with Gasteiger partial charge in [0.2, 0.25) is 5.91 Å². The third-order valence-electron chi connectivity index (χ3n) is 6.35. The van der Waals surface area contributed by atoms with Gasteiger partial charge in [0.05, 0.1) is 0 Å². The Morgan fingerprint density at radius 1 is 0.758 bits per heavy atom. The molecule has 1 saturated carbocycles. The Bertz CT molecular complexity index is 1270. The van der Waals surface area contributed by atoms with Gasteiger partial charge in [-0.15, -0.1) is 0 Å². The van der Waals surface area contributed by atoms with E-state index < -0.39 is 0 Å². The lowest BCUT2D eigenvalue weighted by Crippen LogP contribution is -2.24. The van der Waals surface area contributed by atoms with Gasteiger partial charge in [-0.25, -0.2) is 0 Å². The van der Waals surface area contributed by atoms with E-state index >= 15 is 0 Å². The van der Waals surface area contributed by atoms with E-state index in [1.165, 1.54) is 6.42 Å². The van der Waals surface area contributed by atoms with E-state index in [9.17, 15) is 9.59 Å². The smallest absolute Gasteiger partial charge is 0.255 e. The maximum absolute atomic E-state index is 12.6. The number of rotatable bonds is 5. The van der Waals surface area contributed by atoms with Crippen molar-refractivity contribution in [2.24, 2.45) is 5.92 Å². The lowest BCUT2D eigenvalue weighted by Gasteiger charge is -2.20. The molecule has 1 aromatic heterocycles. The highest BCUT2D eigenvalue weighted by molar-refractivity contribution is 6.06. The molecule has 2 amide bonds. The summed E-state index contributed by atoms with van der Waals surface area (Å²) in [6.07, 6.45) is 5.51. The first-order valence-electron chi connectivity index (χ1n) is 11.6. The predicted molar refractivity (Wildman–Crippen MR) is 133 cm³/mol. The molecule has 0 bridgehead atoms. The highest BCUT2D eigenvalue weighted by atomic mass is 16.2. The predicted octanol–water partition coefficient (Wildman–Crippen LogP) is 6.61. The zero-order chi connectivity index (χ0) is 22.6. The minimum atomic E-state index is -0.135. The van der Waals surface area contributed by atoms with E-state index in [2.05, 4.69) is 15.6 Å². The van der Waals surface area contributed by atoms with Crippen LogP contribution in [0.15, 0.2) is 78.9 Å². The summed E-state index contributed by atoms with van der Waals surface area (Å²) in [6, 6.07) is 25.0. The summed E-state index contributed by atoms with van der Waals surface area (Å²) in [5.74, 6) is 0.138. The van der Waals surface area contributed by atoms with Gasteiger partial charge in [-0.3, -0.25) is 9.59 Å². The number of amides is 2. The molecule has 1 aliphatic rings. The molecule has 1 fully saturated rings. The van der Waals surface area contributed by atoms with Crippen LogP contribution >= 0.6 is 0 Å². The van der Waals surface area contributed by atoms with Crippen molar-refractivity contribution in [2.75, 3.05) is 10.6 Å². The van der Waals surface area contributed by atoms with E-state index in [1.54, 1.807) is 0 Å². The summed E-state index contributed by atoms with van der Waals surface area (Å²) in [7, 11) is 0. The Morgan fingerprint density at radius 3 is 2.24 bits per heavy atom. The number of carbonyl (C=O) groups excluding carboxylic acids is 2. The van der Waals surface area contributed by atoms with Crippen molar-refractivity contribution in [1.29, 1.82) is 0 Å². The molecule has 5 nitrogen and oxygen atoms in total. The second kappa shape index (κ2) is 9.33. The van der Waals surface area contributed by atoms with E-state index in [0.29, 0.717) is 5.56 Å². The first kappa shape index (κ1) is 21.0. The molecule has 3 N–H and O–H groups in total. The van der Waals surface area contributed by atoms with Crippen molar-refractivity contribution in [2.45, 2.75) is 32.1 Å². The van der Waals surface area contributed by atoms with Gasteiger partial charge in [0.15, 0.2) is 0 Å². The number of anilines is 2. The molecular formula is C28H27N3O2. The number of para-hydroxylation sites is 1. The summed E-state index contributed by atoms with van der Waals surface area (Å²) in [6.45, 7) is 0. The molecule has 1 heterocycles. The summed E-state index contributed by atoms with van der Waals surface area (Å²) in [5.41, 5.74) is 5.17. The van der Waals surface area contributed by atoms with Crippen LogP contribution in [0.25, 0.3) is 22.2 Å². The minimum absolute atomic E-state index is 0.134. The summed E-state index contributed by atoms with van der Waals surface area (Å²) in [5, 5.41) is 6.96. The zero-order valence-electron chi connectivity index (χ0n) is 18.4.